The summed E-state index contributed by atoms with van der Waals surface area (Å²) in [7, 11) is 0. The molecule has 0 saturated carbocycles. The minimum atomic E-state index is -0.590. The lowest BCUT2D eigenvalue weighted by atomic mass is 10.0. The Morgan fingerprint density at radius 1 is 1.25 bits per heavy atom. The maximum absolute atomic E-state index is 13.3. The molecule has 2 rings (SSSR count). The zero-order valence-corrected chi connectivity index (χ0v) is 8.49. The second kappa shape index (κ2) is 4.45. The standard InChI is InChI=1S/C12H11F2NO/c13-9-4-3-8(10(14)7-9)6-11(15)12-2-1-5-16-12/h1-5,7,11H,6,15H2. The zero-order valence-electron chi connectivity index (χ0n) is 8.49. The van der Waals surface area contributed by atoms with Gasteiger partial charge in [-0.05, 0) is 30.2 Å². The van der Waals surface area contributed by atoms with Crippen LogP contribution in [0.15, 0.2) is 41.0 Å². The molecule has 0 aliphatic rings. The van der Waals surface area contributed by atoms with Gasteiger partial charge in [0.2, 0.25) is 0 Å². The summed E-state index contributed by atoms with van der Waals surface area (Å²) in [6.07, 6.45) is 1.79. The Hall–Kier alpha value is -1.68. The van der Waals surface area contributed by atoms with Crippen molar-refractivity contribution in [3.05, 3.63) is 59.6 Å². The van der Waals surface area contributed by atoms with Crippen molar-refractivity contribution < 1.29 is 13.2 Å². The van der Waals surface area contributed by atoms with Crippen LogP contribution in [0.2, 0.25) is 0 Å². The van der Waals surface area contributed by atoms with Gasteiger partial charge in [0.15, 0.2) is 0 Å². The molecular formula is C12H11F2NO. The van der Waals surface area contributed by atoms with Gasteiger partial charge in [0.05, 0.1) is 12.3 Å². The molecule has 84 valence electrons. The fourth-order valence-corrected chi connectivity index (χ4v) is 1.53. The molecular weight excluding hydrogens is 212 g/mol. The molecule has 0 bridgehead atoms. The van der Waals surface area contributed by atoms with E-state index in [-0.39, 0.29) is 6.42 Å². The Kier molecular flexibility index (Phi) is 3.01. The molecule has 2 nitrogen and oxygen atoms in total. The topological polar surface area (TPSA) is 39.2 Å². The van der Waals surface area contributed by atoms with E-state index >= 15 is 0 Å². The monoisotopic (exact) mass is 223 g/mol. The van der Waals surface area contributed by atoms with Crippen LogP contribution < -0.4 is 5.73 Å². The molecule has 2 N–H and O–H groups in total. The number of furan rings is 1. The number of halogens is 2. The van der Waals surface area contributed by atoms with Crippen molar-refractivity contribution in [2.75, 3.05) is 0 Å². The summed E-state index contributed by atoms with van der Waals surface area (Å²) < 4.78 is 31.1. The molecule has 1 heterocycles. The highest BCUT2D eigenvalue weighted by Gasteiger charge is 2.12. The number of nitrogens with two attached hydrogens (primary N) is 1. The van der Waals surface area contributed by atoms with E-state index in [1.54, 1.807) is 12.1 Å². The normalized spacial score (nSPS) is 12.7. The van der Waals surface area contributed by atoms with Gasteiger partial charge in [-0.25, -0.2) is 8.78 Å². The van der Waals surface area contributed by atoms with Gasteiger partial charge in [-0.1, -0.05) is 6.07 Å². The second-order valence-electron chi connectivity index (χ2n) is 3.56. The van der Waals surface area contributed by atoms with Crippen molar-refractivity contribution >= 4 is 0 Å². The minimum absolute atomic E-state index is 0.277. The van der Waals surface area contributed by atoms with Gasteiger partial charge in [0.25, 0.3) is 0 Å². The molecule has 0 aliphatic heterocycles. The van der Waals surface area contributed by atoms with E-state index < -0.39 is 17.7 Å². The van der Waals surface area contributed by atoms with E-state index in [9.17, 15) is 8.78 Å². The summed E-state index contributed by atoms with van der Waals surface area (Å²) in [5, 5.41) is 0. The van der Waals surface area contributed by atoms with E-state index in [4.69, 9.17) is 10.2 Å². The average Bonchev–Trinajstić information content (AvgIpc) is 2.75. The molecule has 0 saturated heterocycles. The summed E-state index contributed by atoms with van der Waals surface area (Å²) in [5.74, 6) is -0.585. The van der Waals surface area contributed by atoms with Crippen molar-refractivity contribution in [2.24, 2.45) is 5.73 Å². The largest absolute Gasteiger partial charge is 0.468 e. The summed E-state index contributed by atoms with van der Waals surface area (Å²) in [5.41, 5.74) is 6.20. The van der Waals surface area contributed by atoms with E-state index in [2.05, 4.69) is 0 Å². The maximum atomic E-state index is 13.3. The molecule has 1 unspecified atom stereocenters. The fourth-order valence-electron chi connectivity index (χ4n) is 1.53. The lowest BCUT2D eigenvalue weighted by Gasteiger charge is -2.09. The van der Waals surface area contributed by atoms with Gasteiger partial charge in [0, 0.05) is 6.07 Å². The Labute approximate surface area is 91.7 Å². The lowest BCUT2D eigenvalue weighted by molar-refractivity contribution is 0.460. The van der Waals surface area contributed by atoms with Crippen molar-refractivity contribution in [2.45, 2.75) is 12.5 Å². The van der Waals surface area contributed by atoms with Gasteiger partial charge < -0.3 is 10.2 Å². The quantitative estimate of drug-likeness (QED) is 0.868. The number of rotatable bonds is 3. The summed E-state index contributed by atoms with van der Waals surface area (Å²) >= 11 is 0. The third kappa shape index (κ3) is 2.28. The predicted octanol–water partition coefficient (Wildman–Crippen LogP) is 2.80. The van der Waals surface area contributed by atoms with Gasteiger partial charge >= 0.3 is 0 Å². The summed E-state index contributed by atoms with van der Waals surface area (Å²) in [6, 6.07) is 6.49. The average molecular weight is 223 g/mol. The van der Waals surface area contributed by atoms with Gasteiger partial charge in [0.1, 0.15) is 17.4 Å². The van der Waals surface area contributed by atoms with Crippen molar-refractivity contribution in [3.63, 3.8) is 0 Å². The van der Waals surface area contributed by atoms with Crippen molar-refractivity contribution in [3.8, 4) is 0 Å². The Morgan fingerprint density at radius 2 is 2.06 bits per heavy atom. The molecule has 16 heavy (non-hydrogen) atoms. The molecule has 0 amide bonds. The molecule has 1 atom stereocenters. The maximum Gasteiger partial charge on any atom is 0.129 e. The SMILES string of the molecule is NC(Cc1ccc(F)cc1F)c1ccco1. The first-order valence-corrected chi connectivity index (χ1v) is 4.89. The lowest BCUT2D eigenvalue weighted by Crippen LogP contribution is -2.13. The molecule has 0 fully saturated rings. The number of hydrogen-bond donors (Lipinski definition) is 1. The van der Waals surface area contributed by atoms with Gasteiger partial charge in [-0.2, -0.15) is 0 Å². The van der Waals surface area contributed by atoms with Crippen LogP contribution in [-0.4, -0.2) is 0 Å². The highest BCUT2D eigenvalue weighted by molar-refractivity contribution is 5.21. The van der Waals surface area contributed by atoms with Crippen LogP contribution in [0, 0.1) is 11.6 Å². The molecule has 0 aliphatic carbocycles. The third-order valence-electron chi connectivity index (χ3n) is 2.36. The Morgan fingerprint density at radius 3 is 2.69 bits per heavy atom. The van der Waals surface area contributed by atoms with Crippen LogP contribution in [0.5, 0.6) is 0 Å². The molecule has 0 radical (unpaired) electrons. The van der Waals surface area contributed by atoms with Crippen LogP contribution in [0.1, 0.15) is 17.4 Å². The minimum Gasteiger partial charge on any atom is -0.468 e. The highest BCUT2D eigenvalue weighted by Crippen LogP contribution is 2.19. The van der Waals surface area contributed by atoms with Crippen LogP contribution in [0.25, 0.3) is 0 Å². The summed E-state index contributed by atoms with van der Waals surface area (Å²) in [4.78, 5) is 0. The van der Waals surface area contributed by atoms with E-state index in [1.807, 2.05) is 0 Å². The summed E-state index contributed by atoms with van der Waals surface area (Å²) in [6.45, 7) is 0. The molecule has 0 spiro atoms. The first-order valence-electron chi connectivity index (χ1n) is 4.89. The second-order valence-corrected chi connectivity index (χ2v) is 3.56. The molecule has 2 aromatic rings. The van der Waals surface area contributed by atoms with E-state index in [0.717, 1.165) is 6.07 Å². The highest BCUT2D eigenvalue weighted by atomic mass is 19.1. The van der Waals surface area contributed by atoms with Crippen LogP contribution >= 0.6 is 0 Å². The van der Waals surface area contributed by atoms with Gasteiger partial charge in [-0.3, -0.25) is 0 Å². The van der Waals surface area contributed by atoms with Gasteiger partial charge in [-0.15, -0.1) is 0 Å². The van der Waals surface area contributed by atoms with E-state index in [1.165, 1.54) is 18.4 Å². The first kappa shape index (κ1) is 10.8. The van der Waals surface area contributed by atoms with Crippen LogP contribution in [-0.2, 0) is 6.42 Å². The van der Waals surface area contributed by atoms with Crippen LogP contribution in [0.4, 0.5) is 8.78 Å². The molecule has 4 heteroatoms. The smallest absolute Gasteiger partial charge is 0.129 e. The third-order valence-corrected chi connectivity index (χ3v) is 2.36. The Balaban J connectivity index is 2.15. The number of benzene rings is 1. The van der Waals surface area contributed by atoms with Crippen molar-refractivity contribution in [1.29, 1.82) is 0 Å². The zero-order chi connectivity index (χ0) is 11.5. The number of hydrogen-bond acceptors (Lipinski definition) is 2. The fraction of sp³-hybridized carbons (Fsp3) is 0.167. The molecule has 1 aromatic carbocycles. The van der Waals surface area contributed by atoms with Crippen molar-refractivity contribution in [1.82, 2.24) is 0 Å². The predicted molar refractivity (Wildman–Crippen MR) is 55.7 cm³/mol. The first-order chi connectivity index (χ1) is 7.66. The Bertz CT molecular complexity index is 468. The van der Waals surface area contributed by atoms with E-state index in [0.29, 0.717) is 11.3 Å². The molecule has 1 aromatic heterocycles. The van der Waals surface area contributed by atoms with Crippen LogP contribution in [0.3, 0.4) is 0 Å².